The van der Waals surface area contributed by atoms with Gasteiger partial charge in [0.25, 0.3) is 12.3 Å². The van der Waals surface area contributed by atoms with Crippen LogP contribution in [0.2, 0.25) is 0 Å². The van der Waals surface area contributed by atoms with Crippen LogP contribution in [0, 0.1) is 5.92 Å². The molecule has 0 radical (unpaired) electrons. The summed E-state index contributed by atoms with van der Waals surface area (Å²) in [6, 6.07) is 7.15. The van der Waals surface area contributed by atoms with Crippen LogP contribution in [-0.2, 0) is 16.6 Å². The lowest BCUT2D eigenvalue weighted by atomic mass is 9.85. The third-order valence-electron chi connectivity index (χ3n) is 11.8. The largest absolute Gasteiger partial charge is 0.370 e. The van der Waals surface area contributed by atoms with E-state index in [1.165, 1.54) is 27.7 Å². The highest BCUT2D eigenvalue weighted by Crippen LogP contribution is 2.37. The molecule has 6 heterocycles. The quantitative estimate of drug-likeness (QED) is 0.196. The summed E-state index contributed by atoms with van der Waals surface area (Å²) in [5, 5.41) is 13.4. The zero-order valence-electron chi connectivity index (χ0n) is 30.9. The molecule has 3 fully saturated rings. The Kier molecular flexibility index (Phi) is 9.96. The fourth-order valence-electron chi connectivity index (χ4n) is 8.86. The topological polar surface area (TPSA) is 157 Å². The van der Waals surface area contributed by atoms with Crippen LogP contribution >= 0.6 is 0 Å². The van der Waals surface area contributed by atoms with Gasteiger partial charge in [0, 0.05) is 57.7 Å². The summed E-state index contributed by atoms with van der Waals surface area (Å²) in [6.07, 6.45) is 9.15. The molecule has 4 aromatic heterocycles. The molecule has 2 saturated heterocycles. The maximum Gasteiger partial charge on any atom is 0.329 e. The Hall–Kier alpha value is -5.45. The molecule has 55 heavy (non-hydrogen) atoms. The maximum atomic E-state index is 14.1. The highest BCUT2D eigenvalue weighted by Gasteiger charge is 2.34. The number of alkyl halides is 2. The number of aromatic nitrogens is 7. The average molecular weight is 758 g/mol. The predicted octanol–water partition coefficient (Wildman–Crippen LogP) is 4.47. The number of hydrogen-bond acceptors (Lipinski definition) is 9. The smallest absolute Gasteiger partial charge is 0.329 e. The molecule has 0 bridgehead atoms. The van der Waals surface area contributed by atoms with E-state index in [0.717, 1.165) is 75.9 Å². The van der Waals surface area contributed by atoms with Crippen LogP contribution in [0.4, 0.5) is 20.2 Å². The number of carbonyl (C=O) groups excluding carboxylic acids is 3. The first-order valence-electron chi connectivity index (χ1n) is 19.1. The van der Waals surface area contributed by atoms with Crippen LogP contribution in [0.5, 0.6) is 0 Å². The van der Waals surface area contributed by atoms with Gasteiger partial charge in [0.1, 0.15) is 11.6 Å². The number of nitrogens with zero attached hydrogens (tertiary/aromatic N) is 9. The average Bonchev–Trinajstić information content (AvgIpc) is 3.89. The van der Waals surface area contributed by atoms with Gasteiger partial charge in [-0.2, -0.15) is 10.2 Å². The Labute approximate surface area is 315 Å². The van der Waals surface area contributed by atoms with Crippen LogP contribution in [0.1, 0.15) is 92.9 Å². The second kappa shape index (κ2) is 15.0. The minimum atomic E-state index is -2.85. The number of imide groups is 1. The molecule has 3 aliphatic rings. The Morgan fingerprint density at radius 3 is 2.56 bits per heavy atom. The number of imidazole rings is 1. The first kappa shape index (κ1) is 36.5. The minimum absolute atomic E-state index is 0.00810. The Balaban J connectivity index is 0.882. The third-order valence-corrected chi connectivity index (χ3v) is 11.8. The van der Waals surface area contributed by atoms with Gasteiger partial charge in [0.05, 0.1) is 34.6 Å². The van der Waals surface area contributed by atoms with Crippen LogP contribution in [0.15, 0.2) is 53.8 Å². The lowest BCUT2D eigenvalue weighted by Gasteiger charge is -2.41. The third kappa shape index (κ3) is 6.89. The second-order valence-electron chi connectivity index (χ2n) is 14.9. The molecule has 1 saturated carbocycles. The maximum absolute atomic E-state index is 14.1. The van der Waals surface area contributed by atoms with E-state index >= 15 is 0 Å². The van der Waals surface area contributed by atoms with E-state index < -0.39 is 30.0 Å². The first-order valence-corrected chi connectivity index (χ1v) is 19.1. The normalized spacial score (nSPS) is 21.3. The number of para-hydroxylation sites is 1. The van der Waals surface area contributed by atoms with Gasteiger partial charge in [-0.05, 0) is 75.6 Å². The lowest BCUT2D eigenvalue weighted by molar-refractivity contribution is -0.135. The van der Waals surface area contributed by atoms with Crippen LogP contribution < -0.4 is 21.2 Å². The van der Waals surface area contributed by atoms with E-state index in [-0.39, 0.29) is 35.3 Å². The van der Waals surface area contributed by atoms with Crippen molar-refractivity contribution in [3.8, 4) is 0 Å². The monoisotopic (exact) mass is 757 g/mol. The number of amides is 3. The van der Waals surface area contributed by atoms with Crippen molar-refractivity contribution in [2.24, 2.45) is 13.0 Å². The minimum Gasteiger partial charge on any atom is -0.370 e. The van der Waals surface area contributed by atoms with Crippen molar-refractivity contribution in [3.63, 3.8) is 0 Å². The standard InChI is InChI=1S/C38H45F2N11O4/c1-3-47(24-14-18-48(19-15-24)28-6-4-7-29-33(28)46(2)38(55)51(29)30-12-13-31(52)44-37(30)54)21-23-8-10-25(11-9-23)50-22-27(32(45-50)34(39)40)43-36(53)26-20-42-49-17-5-16-41-35(26)49/h4-7,16-17,20,22-25,30,34H,3,8-15,18-19,21H2,1-2H3,(H,43,53)(H,44,52,54). The van der Waals surface area contributed by atoms with E-state index in [0.29, 0.717) is 29.5 Å². The van der Waals surface area contributed by atoms with Gasteiger partial charge in [-0.1, -0.05) is 13.0 Å². The first-order chi connectivity index (χ1) is 26.6. The molecule has 1 aliphatic carbocycles. The molecular weight excluding hydrogens is 712 g/mol. The molecule has 8 rings (SSSR count). The van der Waals surface area contributed by atoms with Crippen molar-refractivity contribution in [2.45, 2.75) is 82.8 Å². The second-order valence-corrected chi connectivity index (χ2v) is 14.9. The molecule has 2 aliphatic heterocycles. The van der Waals surface area contributed by atoms with Gasteiger partial charge >= 0.3 is 5.69 Å². The molecule has 1 aromatic carbocycles. The molecule has 2 N–H and O–H groups in total. The zero-order valence-corrected chi connectivity index (χ0v) is 30.9. The SMILES string of the molecule is CCN(CC1CCC(n2cc(NC(=O)c3cnn4cccnc34)c(C(F)F)n2)CC1)C1CCN(c2cccc3c2n(C)c(=O)n3C2CCC(=O)NC2=O)CC1. The highest BCUT2D eigenvalue weighted by molar-refractivity contribution is 6.08. The van der Waals surface area contributed by atoms with E-state index in [1.54, 1.807) is 28.6 Å². The molecule has 3 amide bonds. The Morgan fingerprint density at radius 2 is 1.84 bits per heavy atom. The van der Waals surface area contributed by atoms with E-state index in [4.69, 9.17) is 0 Å². The summed E-state index contributed by atoms with van der Waals surface area (Å²) in [4.78, 5) is 60.1. The van der Waals surface area contributed by atoms with Gasteiger partial charge in [-0.15, -0.1) is 0 Å². The fraction of sp³-hybridized carbons (Fsp3) is 0.500. The molecular formula is C38H45F2N11O4. The Morgan fingerprint density at radius 1 is 1.05 bits per heavy atom. The molecule has 290 valence electrons. The summed E-state index contributed by atoms with van der Waals surface area (Å²) < 4.78 is 34.4. The number of halogens is 2. The molecule has 1 atom stereocenters. The number of piperidine rings is 2. The number of benzene rings is 1. The van der Waals surface area contributed by atoms with E-state index in [9.17, 15) is 28.0 Å². The summed E-state index contributed by atoms with van der Waals surface area (Å²) >= 11 is 0. The number of hydrogen-bond donors (Lipinski definition) is 2. The van der Waals surface area contributed by atoms with E-state index in [2.05, 4.69) is 42.5 Å². The van der Waals surface area contributed by atoms with Gasteiger partial charge in [0.15, 0.2) is 11.3 Å². The number of fused-ring (bicyclic) bond motifs is 2. The van der Waals surface area contributed by atoms with Gasteiger partial charge in [-0.25, -0.2) is 23.1 Å². The number of anilines is 2. The molecule has 0 spiro atoms. The van der Waals surface area contributed by atoms with Gasteiger partial charge < -0.3 is 15.1 Å². The van der Waals surface area contributed by atoms with Gasteiger partial charge in [0.2, 0.25) is 11.8 Å². The lowest BCUT2D eigenvalue weighted by Crippen LogP contribution is -2.46. The summed E-state index contributed by atoms with van der Waals surface area (Å²) in [7, 11) is 1.74. The van der Waals surface area contributed by atoms with Crippen LogP contribution in [0.25, 0.3) is 16.7 Å². The zero-order chi connectivity index (χ0) is 38.4. The summed E-state index contributed by atoms with van der Waals surface area (Å²) in [5.41, 5.74) is 2.23. The fourth-order valence-corrected chi connectivity index (χ4v) is 8.86. The van der Waals surface area contributed by atoms with Crippen molar-refractivity contribution in [1.29, 1.82) is 0 Å². The van der Waals surface area contributed by atoms with Gasteiger partial charge in [-0.3, -0.25) is 33.5 Å². The molecule has 5 aromatic rings. The number of aryl methyl sites for hydroxylation is 1. The number of nitrogens with one attached hydrogen (secondary N) is 2. The van der Waals surface area contributed by atoms with Crippen molar-refractivity contribution >= 4 is 45.8 Å². The van der Waals surface area contributed by atoms with Crippen molar-refractivity contribution in [1.82, 2.24) is 43.7 Å². The van der Waals surface area contributed by atoms with Crippen molar-refractivity contribution in [3.05, 3.63) is 70.8 Å². The van der Waals surface area contributed by atoms with Crippen molar-refractivity contribution < 1.29 is 23.2 Å². The highest BCUT2D eigenvalue weighted by atomic mass is 19.3. The van der Waals surface area contributed by atoms with Crippen LogP contribution in [-0.4, -0.2) is 88.4 Å². The summed E-state index contributed by atoms with van der Waals surface area (Å²) in [6.45, 7) is 5.72. The van der Waals surface area contributed by atoms with E-state index in [1.807, 2.05) is 18.2 Å². The Bertz CT molecular complexity index is 2300. The van der Waals surface area contributed by atoms with Crippen molar-refractivity contribution in [2.75, 3.05) is 36.4 Å². The molecule has 17 heteroatoms. The molecule has 1 unspecified atom stereocenters. The van der Waals surface area contributed by atoms with Crippen LogP contribution in [0.3, 0.4) is 0 Å². The number of carbonyl (C=O) groups is 3. The molecule has 15 nitrogen and oxygen atoms in total. The summed E-state index contributed by atoms with van der Waals surface area (Å²) in [5.74, 6) is -0.863. The predicted molar refractivity (Wildman–Crippen MR) is 200 cm³/mol. The number of rotatable bonds is 10.